The number of anilines is 1. The third-order valence-electron chi connectivity index (χ3n) is 4.61. The van der Waals surface area contributed by atoms with E-state index in [-0.39, 0.29) is 25.4 Å². The van der Waals surface area contributed by atoms with Crippen molar-refractivity contribution in [3.63, 3.8) is 0 Å². The first-order chi connectivity index (χ1) is 13.8. The minimum absolute atomic E-state index is 0.113. The van der Waals surface area contributed by atoms with Gasteiger partial charge < -0.3 is 5.32 Å². The quantitative estimate of drug-likeness (QED) is 0.707. The molecule has 9 heteroatoms. The summed E-state index contributed by atoms with van der Waals surface area (Å²) < 4.78 is 28.4. The monoisotopic (exact) mass is 435 g/mol. The third kappa shape index (κ3) is 5.42. The Morgan fingerprint density at radius 1 is 1.07 bits per heavy atom. The fraction of sp³-hybridized carbons (Fsp3) is 0.300. The van der Waals surface area contributed by atoms with Gasteiger partial charge in [0.2, 0.25) is 5.91 Å². The Kier molecular flexibility index (Phi) is 6.69. The van der Waals surface area contributed by atoms with Crippen molar-refractivity contribution in [1.82, 2.24) is 8.61 Å². The van der Waals surface area contributed by atoms with Crippen LogP contribution in [0.3, 0.4) is 0 Å². The minimum atomic E-state index is -3.76. The number of amides is 1. The van der Waals surface area contributed by atoms with E-state index in [4.69, 9.17) is 11.6 Å². The highest BCUT2D eigenvalue weighted by Crippen LogP contribution is 2.20. The molecule has 154 valence electrons. The van der Waals surface area contributed by atoms with Crippen LogP contribution in [0.4, 0.5) is 5.69 Å². The molecule has 7 nitrogen and oxygen atoms in total. The number of halogens is 1. The number of Topliss-reactive ketones (excluding diaryl/α,β-unsaturated/α-hetero) is 1. The first kappa shape index (κ1) is 21.4. The van der Waals surface area contributed by atoms with Gasteiger partial charge in [0.15, 0.2) is 5.78 Å². The molecule has 1 saturated heterocycles. The van der Waals surface area contributed by atoms with E-state index in [2.05, 4.69) is 5.32 Å². The van der Waals surface area contributed by atoms with Crippen molar-refractivity contribution in [3.05, 3.63) is 64.7 Å². The average molecular weight is 436 g/mol. The fourth-order valence-corrected chi connectivity index (χ4v) is 4.87. The van der Waals surface area contributed by atoms with Gasteiger partial charge in [-0.2, -0.15) is 17.0 Å². The van der Waals surface area contributed by atoms with Crippen molar-refractivity contribution in [3.8, 4) is 0 Å². The number of nitrogens with one attached hydrogen (secondary N) is 1. The Morgan fingerprint density at radius 2 is 1.76 bits per heavy atom. The first-order valence-electron chi connectivity index (χ1n) is 9.16. The van der Waals surface area contributed by atoms with Gasteiger partial charge in [-0.1, -0.05) is 35.9 Å². The highest BCUT2D eigenvalue weighted by molar-refractivity contribution is 7.86. The molecule has 0 radical (unpaired) electrons. The van der Waals surface area contributed by atoms with E-state index < -0.39 is 16.1 Å². The predicted molar refractivity (Wildman–Crippen MR) is 112 cm³/mol. The zero-order chi connectivity index (χ0) is 21.0. The van der Waals surface area contributed by atoms with Crippen LogP contribution in [0.1, 0.15) is 29.3 Å². The van der Waals surface area contributed by atoms with E-state index in [0.29, 0.717) is 29.2 Å². The van der Waals surface area contributed by atoms with Crippen molar-refractivity contribution in [2.24, 2.45) is 0 Å². The lowest BCUT2D eigenvalue weighted by Crippen LogP contribution is -2.51. The van der Waals surface area contributed by atoms with Gasteiger partial charge in [0.25, 0.3) is 10.2 Å². The second-order valence-corrected chi connectivity index (χ2v) is 9.20. The van der Waals surface area contributed by atoms with Crippen LogP contribution in [0, 0.1) is 0 Å². The molecule has 1 aliphatic rings. The number of hydrogen-bond acceptors (Lipinski definition) is 4. The Balaban J connectivity index is 1.66. The summed E-state index contributed by atoms with van der Waals surface area (Å²) in [5.41, 5.74) is 1.75. The maximum atomic E-state index is 12.9. The van der Waals surface area contributed by atoms with Crippen LogP contribution in [-0.2, 0) is 21.5 Å². The summed E-state index contributed by atoms with van der Waals surface area (Å²) in [5, 5.41) is 3.25. The van der Waals surface area contributed by atoms with Gasteiger partial charge in [0.05, 0.1) is 6.54 Å². The molecule has 0 aromatic heterocycles. The third-order valence-corrected chi connectivity index (χ3v) is 6.79. The van der Waals surface area contributed by atoms with Crippen LogP contribution < -0.4 is 5.32 Å². The van der Waals surface area contributed by atoms with Gasteiger partial charge in [-0.3, -0.25) is 9.59 Å². The Labute approximate surface area is 175 Å². The highest BCUT2D eigenvalue weighted by atomic mass is 35.5. The Morgan fingerprint density at radius 3 is 2.45 bits per heavy atom. The molecule has 2 aromatic rings. The normalized spacial score (nSPS) is 17.0. The average Bonchev–Trinajstić information content (AvgIpc) is 2.67. The van der Waals surface area contributed by atoms with Crippen LogP contribution in [0.5, 0.6) is 0 Å². The van der Waals surface area contributed by atoms with Gasteiger partial charge >= 0.3 is 0 Å². The number of benzene rings is 2. The maximum absolute atomic E-state index is 12.9. The van der Waals surface area contributed by atoms with Gasteiger partial charge in [-0.05, 0) is 43.2 Å². The van der Waals surface area contributed by atoms with Crippen molar-refractivity contribution >= 4 is 39.2 Å². The molecule has 29 heavy (non-hydrogen) atoms. The second kappa shape index (κ2) is 9.04. The van der Waals surface area contributed by atoms with Crippen LogP contribution >= 0.6 is 11.6 Å². The molecule has 0 spiro atoms. The second-order valence-electron chi connectivity index (χ2n) is 6.84. The molecule has 0 unspecified atom stereocenters. The molecule has 0 aliphatic carbocycles. The van der Waals surface area contributed by atoms with E-state index in [1.165, 1.54) is 15.5 Å². The van der Waals surface area contributed by atoms with E-state index in [9.17, 15) is 18.0 Å². The van der Waals surface area contributed by atoms with Crippen molar-refractivity contribution < 1.29 is 18.0 Å². The number of hydrogen-bond donors (Lipinski definition) is 1. The van der Waals surface area contributed by atoms with Crippen molar-refractivity contribution in [2.75, 3.05) is 25.0 Å². The number of ketones is 1. The lowest BCUT2D eigenvalue weighted by Gasteiger charge is -2.34. The predicted octanol–water partition coefficient (Wildman–Crippen LogP) is 2.93. The number of rotatable bonds is 6. The summed E-state index contributed by atoms with van der Waals surface area (Å²) in [7, 11) is -3.76. The summed E-state index contributed by atoms with van der Waals surface area (Å²) in [6.07, 6.45) is 0.625. The van der Waals surface area contributed by atoms with E-state index in [1.807, 2.05) is 0 Å². The minimum Gasteiger partial charge on any atom is -0.325 e. The molecule has 0 atom stereocenters. The smallest absolute Gasteiger partial charge is 0.282 e. The zero-order valence-electron chi connectivity index (χ0n) is 16.0. The zero-order valence-corrected chi connectivity index (χ0v) is 17.5. The van der Waals surface area contributed by atoms with Crippen molar-refractivity contribution in [2.45, 2.75) is 19.9 Å². The standard InChI is InChI=1S/C20H22ClN3O4S/c1-15(25)17-4-2-5-19(12-17)22-20(26)14-24-11-3-10-23(29(24,27)28)13-16-6-8-18(21)9-7-16/h2,4-9,12H,3,10-11,13-14H2,1H3,(H,22,26). The highest BCUT2D eigenvalue weighted by Gasteiger charge is 2.34. The van der Waals surface area contributed by atoms with Gasteiger partial charge in [-0.25, -0.2) is 0 Å². The summed E-state index contributed by atoms with van der Waals surface area (Å²) in [6, 6.07) is 13.5. The number of carbonyl (C=O) groups excluding carboxylic acids is 2. The molecule has 2 aromatic carbocycles. The van der Waals surface area contributed by atoms with Gasteiger partial charge in [0.1, 0.15) is 0 Å². The fourth-order valence-electron chi connectivity index (χ4n) is 3.11. The number of nitrogens with zero attached hydrogens (tertiary/aromatic N) is 2. The molecular weight excluding hydrogens is 414 g/mol. The van der Waals surface area contributed by atoms with Crippen LogP contribution in [0.15, 0.2) is 48.5 Å². The van der Waals surface area contributed by atoms with Crippen LogP contribution in [0.2, 0.25) is 5.02 Å². The van der Waals surface area contributed by atoms with Crippen LogP contribution in [0.25, 0.3) is 0 Å². The topological polar surface area (TPSA) is 86.8 Å². The lowest BCUT2D eigenvalue weighted by atomic mass is 10.1. The van der Waals surface area contributed by atoms with E-state index in [1.54, 1.807) is 48.5 Å². The summed E-state index contributed by atoms with van der Waals surface area (Å²) >= 11 is 5.88. The lowest BCUT2D eigenvalue weighted by molar-refractivity contribution is -0.116. The Bertz CT molecular complexity index is 1010. The molecule has 1 aliphatic heterocycles. The number of carbonyl (C=O) groups is 2. The molecule has 1 fully saturated rings. The first-order valence-corrected chi connectivity index (χ1v) is 10.9. The molecule has 0 bridgehead atoms. The van der Waals surface area contributed by atoms with Gasteiger partial charge in [0, 0.05) is 35.9 Å². The maximum Gasteiger partial charge on any atom is 0.282 e. The Hall–Kier alpha value is -2.26. The van der Waals surface area contributed by atoms with Crippen LogP contribution in [-0.4, -0.2) is 48.4 Å². The summed E-state index contributed by atoms with van der Waals surface area (Å²) in [4.78, 5) is 23.9. The molecule has 1 N–H and O–H groups in total. The van der Waals surface area contributed by atoms with E-state index >= 15 is 0 Å². The largest absolute Gasteiger partial charge is 0.325 e. The molecule has 1 heterocycles. The molecule has 1 amide bonds. The van der Waals surface area contributed by atoms with Gasteiger partial charge in [-0.15, -0.1) is 0 Å². The molecule has 0 saturated carbocycles. The SMILES string of the molecule is CC(=O)c1cccc(NC(=O)CN2CCCN(Cc3ccc(Cl)cc3)S2(=O)=O)c1. The molecule has 3 rings (SSSR count). The van der Waals surface area contributed by atoms with E-state index in [0.717, 1.165) is 5.56 Å². The summed E-state index contributed by atoms with van der Waals surface area (Å²) in [6.45, 7) is 2.04. The summed E-state index contributed by atoms with van der Waals surface area (Å²) in [5.74, 6) is -0.569. The van der Waals surface area contributed by atoms with Crippen molar-refractivity contribution in [1.29, 1.82) is 0 Å². The molecular formula is C20H22ClN3O4S.